The molecule has 0 aromatic heterocycles. The first kappa shape index (κ1) is 17.0. The Morgan fingerprint density at radius 1 is 0.789 bits per heavy atom. The number of rotatable bonds is 8. The first-order valence-electron chi connectivity index (χ1n) is 8.60. The standard InChI is InChI=1S/C17H36N2/c1-5-9-16(10-6-2)13-15(18)14-17(19-16,11-7-3)12-8-4/h15,19H,5-14,18H2,1-4H3. The molecule has 1 aliphatic rings. The third-order valence-electron chi connectivity index (χ3n) is 4.75. The van der Waals surface area contributed by atoms with Crippen LogP contribution in [0.3, 0.4) is 0 Å². The average Bonchev–Trinajstić information content (AvgIpc) is 2.28. The first-order valence-corrected chi connectivity index (χ1v) is 8.60. The van der Waals surface area contributed by atoms with E-state index in [1.54, 1.807) is 0 Å². The number of hydrogen-bond donors (Lipinski definition) is 2. The minimum atomic E-state index is 0.311. The van der Waals surface area contributed by atoms with Crippen LogP contribution in [0.25, 0.3) is 0 Å². The molecular weight excluding hydrogens is 232 g/mol. The molecule has 0 aliphatic carbocycles. The van der Waals surface area contributed by atoms with Gasteiger partial charge in [0.2, 0.25) is 0 Å². The fourth-order valence-corrected chi connectivity index (χ4v) is 4.56. The minimum Gasteiger partial charge on any atom is -0.328 e. The van der Waals surface area contributed by atoms with Crippen LogP contribution in [0.4, 0.5) is 0 Å². The fraction of sp³-hybridized carbons (Fsp3) is 1.00. The number of nitrogens with one attached hydrogen (secondary N) is 1. The van der Waals surface area contributed by atoms with Crippen LogP contribution in [0, 0.1) is 0 Å². The van der Waals surface area contributed by atoms with Gasteiger partial charge in [-0.15, -0.1) is 0 Å². The normalized spacial score (nSPS) is 22.6. The summed E-state index contributed by atoms with van der Waals surface area (Å²) in [6.45, 7) is 9.22. The maximum atomic E-state index is 6.47. The lowest BCUT2D eigenvalue weighted by atomic mass is 9.69. The zero-order valence-electron chi connectivity index (χ0n) is 13.7. The van der Waals surface area contributed by atoms with Gasteiger partial charge >= 0.3 is 0 Å². The number of piperidine rings is 1. The second-order valence-electron chi connectivity index (χ2n) is 6.85. The molecule has 3 N–H and O–H groups in total. The summed E-state index contributed by atoms with van der Waals surface area (Å²) in [4.78, 5) is 0. The van der Waals surface area contributed by atoms with Gasteiger partial charge in [0.15, 0.2) is 0 Å². The highest BCUT2D eigenvalue weighted by Gasteiger charge is 2.44. The highest BCUT2D eigenvalue weighted by atomic mass is 15.1. The molecule has 114 valence electrons. The molecule has 0 aromatic carbocycles. The van der Waals surface area contributed by atoms with Crippen molar-refractivity contribution in [3.05, 3.63) is 0 Å². The lowest BCUT2D eigenvalue weighted by Gasteiger charge is -2.52. The molecule has 1 heterocycles. The molecule has 0 atom stereocenters. The van der Waals surface area contributed by atoms with E-state index >= 15 is 0 Å². The van der Waals surface area contributed by atoms with Gasteiger partial charge in [-0.1, -0.05) is 53.4 Å². The van der Waals surface area contributed by atoms with E-state index < -0.39 is 0 Å². The molecule has 0 bridgehead atoms. The lowest BCUT2D eigenvalue weighted by molar-refractivity contribution is 0.0800. The van der Waals surface area contributed by atoms with Crippen molar-refractivity contribution >= 4 is 0 Å². The van der Waals surface area contributed by atoms with Crippen molar-refractivity contribution in [3.63, 3.8) is 0 Å². The van der Waals surface area contributed by atoms with Gasteiger partial charge in [0.25, 0.3) is 0 Å². The van der Waals surface area contributed by atoms with Crippen molar-refractivity contribution in [2.75, 3.05) is 0 Å². The molecule has 2 heteroatoms. The first-order chi connectivity index (χ1) is 9.05. The van der Waals surface area contributed by atoms with E-state index in [0.29, 0.717) is 17.1 Å². The highest BCUT2D eigenvalue weighted by molar-refractivity contribution is 5.06. The van der Waals surface area contributed by atoms with Crippen LogP contribution < -0.4 is 11.1 Å². The van der Waals surface area contributed by atoms with E-state index in [2.05, 4.69) is 33.0 Å². The quantitative estimate of drug-likeness (QED) is 0.686. The molecule has 0 spiro atoms. The summed E-state index contributed by atoms with van der Waals surface area (Å²) in [6.07, 6.45) is 12.5. The Morgan fingerprint density at radius 3 is 1.37 bits per heavy atom. The molecule has 1 fully saturated rings. The Hall–Kier alpha value is -0.0800. The van der Waals surface area contributed by atoms with E-state index in [-0.39, 0.29) is 0 Å². The second-order valence-corrected chi connectivity index (χ2v) is 6.85. The Labute approximate surface area is 120 Å². The predicted molar refractivity (Wildman–Crippen MR) is 85.4 cm³/mol. The molecule has 0 aromatic rings. The second kappa shape index (κ2) is 7.64. The van der Waals surface area contributed by atoms with Crippen molar-refractivity contribution in [3.8, 4) is 0 Å². The van der Waals surface area contributed by atoms with Gasteiger partial charge in [0.05, 0.1) is 0 Å². The lowest BCUT2D eigenvalue weighted by Crippen LogP contribution is -2.65. The molecule has 0 unspecified atom stereocenters. The van der Waals surface area contributed by atoms with Gasteiger partial charge < -0.3 is 11.1 Å². The van der Waals surface area contributed by atoms with Crippen molar-refractivity contribution in [1.29, 1.82) is 0 Å². The summed E-state index contributed by atoms with van der Waals surface area (Å²) >= 11 is 0. The molecule has 0 saturated carbocycles. The third kappa shape index (κ3) is 4.46. The zero-order valence-corrected chi connectivity index (χ0v) is 13.7. The summed E-state index contributed by atoms with van der Waals surface area (Å²) in [6, 6.07) is 0.387. The zero-order chi connectivity index (χ0) is 14.4. The maximum absolute atomic E-state index is 6.47. The van der Waals surface area contributed by atoms with Crippen LogP contribution in [0.1, 0.15) is 91.9 Å². The molecule has 19 heavy (non-hydrogen) atoms. The van der Waals surface area contributed by atoms with E-state index in [1.165, 1.54) is 64.2 Å². The Morgan fingerprint density at radius 2 is 1.11 bits per heavy atom. The average molecular weight is 268 g/mol. The van der Waals surface area contributed by atoms with Crippen molar-refractivity contribution in [2.45, 2.75) is 109 Å². The van der Waals surface area contributed by atoms with Crippen LogP contribution in [0.2, 0.25) is 0 Å². The van der Waals surface area contributed by atoms with Gasteiger partial charge in [0, 0.05) is 17.1 Å². The molecule has 0 amide bonds. The Kier molecular flexibility index (Phi) is 6.82. The van der Waals surface area contributed by atoms with Gasteiger partial charge in [-0.05, 0) is 38.5 Å². The molecular formula is C17H36N2. The van der Waals surface area contributed by atoms with E-state index in [1.807, 2.05) is 0 Å². The van der Waals surface area contributed by atoms with E-state index in [4.69, 9.17) is 5.73 Å². The topological polar surface area (TPSA) is 38.0 Å². The summed E-state index contributed by atoms with van der Waals surface area (Å²) in [7, 11) is 0. The van der Waals surface area contributed by atoms with Crippen molar-refractivity contribution in [2.24, 2.45) is 5.73 Å². The number of hydrogen-bond acceptors (Lipinski definition) is 2. The Bertz CT molecular complexity index is 214. The maximum Gasteiger partial charge on any atom is 0.0201 e. The SMILES string of the molecule is CCCC1(CCC)CC(N)CC(CCC)(CCC)N1. The monoisotopic (exact) mass is 268 g/mol. The van der Waals surface area contributed by atoms with Crippen LogP contribution in [-0.2, 0) is 0 Å². The van der Waals surface area contributed by atoms with Crippen molar-refractivity contribution < 1.29 is 0 Å². The van der Waals surface area contributed by atoms with E-state index in [9.17, 15) is 0 Å². The van der Waals surface area contributed by atoms with Gasteiger partial charge in [-0.25, -0.2) is 0 Å². The Balaban J connectivity index is 2.93. The van der Waals surface area contributed by atoms with Gasteiger partial charge in [0.1, 0.15) is 0 Å². The van der Waals surface area contributed by atoms with Crippen LogP contribution in [-0.4, -0.2) is 17.1 Å². The largest absolute Gasteiger partial charge is 0.328 e. The van der Waals surface area contributed by atoms with E-state index in [0.717, 1.165) is 0 Å². The van der Waals surface area contributed by atoms with Crippen LogP contribution in [0.5, 0.6) is 0 Å². The summed E-state index contributed by atoms with van der Waals surface area (Å²) in [5.74, 6) is 0. The predicted octanol–water partition coefficient (Wildman–Crippen LogP) is 4.38. The molecule has 0 radical (unpaired) electrons. The smallest absolute Gasteiger partial charge is 0.0201 e. The molecule has 1 aliphatic heterocycles. The summed E-state index contributed by atoms with van der Waals surface area (Å²) in [5, 5.41) is 4.13. The van der Waals surface area contributed by atoms with Gasteiger partial charge in [-0.3, -0.25) is 0 Å². The molecule has 1 rings (SSSR count). The van der Waals surface area contributed by atoms with Gasteiger partial charge in [-0.2, -0.15) is 0 Å². The van der Waals surface area contributed by atoms with Crippen molar-refractivity contribution in [1.82, 2.24) is 5.32 Å². The third-order valence-corrected chi connectivity index (χ3v) is 4.75. The number of nitrogens with two attached hydrogens (primary N) is 1. The van der Waals surface area contributed by atoms with Crippen LogP contribution >= 0.6 is 0 Å². The summed E-state index contributed by atoms with van der Waals surface area (Å²) in [5.41, 5.74) is 7.09. The highest BCUT2D eigenvalue weighted by Crippen LogP contribution is 2.39. The molecule has 2 nitrogen and oxygen atoms in total. The fourth-order valence-electron chi connectivity index (χ4n) is 4.56. The minimum absolute atomic E-state index is 0.311. The van der Waals surface area contributed by atoms with Crippen LogP contribution in [0.15, 0.2) is 0 Å². The molecule has 1 saturated heterocycles. The summed E-state index contributed by atoms with van der Waals surface area (Å²) < 4.78 is 0.